The Balaban J connectivity index is 2.41. The van der Waals surface area contributed by atoms with Gasteiger partial charge >= 0.3 is 0 Å². The minimum Gasteiger partial charge on any atom is -0.298 e. The Morgan fingerprint density at radius 3 is 2.12 bits per heavy atom. The molecule has 0 N–H and O–H groups in total. The lowest BCUT2D eigenvalue weighted by Crippen LogP contribution is -2.15. The van der Waals surface area contributed by atoms with Gasteiger partial charge in [0.05, 0.1) is 5.92 Å². The van der Waals surface area contributed by atoms with E-state index in [1.54, 1.807) is 31.2 Å². The molecule has 0 amide bonds. The largest absolute Gasteiger partial charge is 0.298 e. The summed E-state index contributed by atoms with van der Waals surface area (Å²) in [4.78, 5) is 35.2. The van der Waals surface area contributed by atoms with Crippen LogP contribution in [0.1, 0.15) is 24.8 Å². The third kappa shape index (κ3) is 1.48. The van der Waals surface area contributed by atoms with Gasteiger partial charge in [0, 0.05) is 0 Å². The summed E-state index contributed by atoms with van der Waals surface area (Å²) in [6.07, 6.45) is 0.409. The predicted molar refractivity (Wildman–Crippen MR) is 58.0 cm³/mol. The molecule has 0 heterocycles. The van der Waals surface area contributed by atoms with Gasteiger partial charge in [-0.15, -0.1) is 0 Å². The monoisotopic (exact) mass is 216 g/mol. The van der Waals surface area contributed by atoms with Crippen LogP contribution in [-0.4, -0.2) is 17.3 Å². The van der Waals surface area contributed by atoms with Gasteiger partial charge in [-0.2, -0.15) is 0 Å². The summed E-state index contributed by atoms with van der Waals surface area (Å²) in [5, 5.41) is 0. The average molecular weight is 216 g/mol. The number of hydrogen-bond donors (Lipinski definition) is 0. The van der Waals surface area contributed by atoms with Crippen LogP contribution in [0.25, 0.3) is 0 Å². The molecule has 1 aliphatic rings. The lowest BCUT2D eigenvalue weighted by molar-refractivity contribution is -0.136. The molecule has 3 nitrogen and oxygen atoms in total. The van der Waals surface area contributed by atoms with E-state index in [9.17, 15) is 14.4 Å². The second-order valence-electron chi connectivity index (χ2n) is 3.94. The Morgan fingerprint density at radius 1 is 1.00 bits per heavy atom. The summed E-state index contributed by atoms with van der Waals surface area (Å²) in [6, 6.07) is 8.77. The fraction of sp³-hybridized carbons (Fsp3) is 0.308. The highest BCUT2D eigenvalue weighted by Gasteiger charge is 2.48. The molecule has 3 heteroatoms. The van der Waals surface area contributed by atoms with Crippen LogP contribution in [0.2, 0.25) is 0 Å². The van der Waals surface area contributed by atoms with Crippen molar-refractivity contribution in [2.75, 3.05) is 0 Å². The molecular weight excluding hydrogens is 204 g/mol. The lowest BCUT2D eigenvalue weighted by atomic mass is 9.94. The van der Waals surface area contributed by atoms with E-state index < -0.39 is 23.4 Å². The van der Waals surface area contributed by atoms with Crippen molar-refractivity contribution in [3.63, 3.8) is 0 Å². The van der Waals surface area contributed by atoms with Gasteiger partial charge in [-0.3, -0.25) is 14.4 Å². The van der Waals surface area contributed by atoms with Crippen molar-refractivity contribution in [1.29, 1.82) is 0 Å². The van der Waals surface area contributed by atoms with Crippen LogP contribution in [0.5, 0.6) is 0 Å². The number of rotatable bonds is 2. The molecule has 1 fully saturated rings. The van der Waals surface area contributed by atoms with Crippen molar-refractivity contribution in [3.05, 3.63) is 35.9 Å². The van der Waals surface area contributed by atoms with Gasteiger partial charge in [-0.1, -0.05) is 37.3 Å². The molecule has 1 aliphatic carbocycles. The minimum absolute atomic E-state index is 0.247. The van der Waals surface area contributed by atoms with Crippen molar-refractivity contribution in [1.82, 2.24) is 0 Å². The summed E-state index contributed by atoms with van der Waals surface area (Å²) in [7, 11) is 0. The minimum atomic E-state index is -0.862. The summed E-state index contributed by atoms with van der Waals surface area (Å²) >= 11 is 0. The molecule has 0 aromatic heterocycles. The topological polar surface area (TPSA) is 51.2 Å². The number of carbonyl (C=O) groups excluding carboxylic acids is 3. The standard InChI is InChI=1S/C13H12O3/c1-2-9-11(14)10(13(16)12(9)15)8-6-4-3-5-7-8/h3-7,9-10H,2H2,1H3/t9-,10+/m0/s1. The first kappa shape index (κ1) is 10.7. The van der Waals surface area contributed by atoms with Crippen molar-refractivity contribution < 1.29 is 14.4 Å². The molecule has 16 heavy (non-hydrogen) atoms. The van der Waals surface area contributed by atoms with E-state index in [0.717, 1.165) is 0 Å². The highest BCUT2D eigenvalue weighted by atomic mass is 16.2. The van der Waals surface area contributed by atoms with Gasteiger partial charge in [0.15, 0.2) is 5.78 Å². The summed E-state index contributed by atoms with van der Waals surface area (Å²) < 4.78 is 0. The second kappa shape index (κ2) is 4.00. The maximum Gasteiger partial charge on any atom is 0.214 e. The summed E-state index contributed by atoms with van der Waals surface area (Å²) in [5.41, 5.74) is 0.627. The number of carbonyl (C=O) groups is 3. The molecule has 2 rings (SSSR count). The van der Waals surface area contributed by atoms with Gasteiger partial charge < -0.3 is 0 Å². The van der Waals surface area contributed by atoms with Crippen LogP contribution < -0.4 is 0 Å². The molecule has 1 saturated carbocycles. The first-order chi connectivity index (χ1) is 7.66. The van der Waals surface area contributed by atoms with Gasteiger partial charge in [-0.05, 0) is 12.0 Å². The van der Waals surface area contributed by atoms with E-state index in [-0.39, 0.29) is 5.78 Å². The average Bonchev–Trinajstić information content (AvgIpc) is 2.51. The normalized spacial score (nSPS) is 25.2. The predicted octanol–water partition coefficient (Wildman–Crippen LogP) is 1.52. The van der Waals surface area contributed by atoms with Gasteiger partial charge in [0.1, 0.15) is 5.92 Å². The van der Waals surface area contributed by atoms with Crippen molar-refractivity contribution >= 4 is 17.3 Å². The number of hydrogen-bond acceptors (Lipinski definition) is 3. The van der Waals surface area contributed by atoms with Crippen LogP contribution in [0.15, 0.2) is 30.3 Å². The van der Waals surface area contributed by atoms with Crippen molar-refractivity contribution in [2.24, 2.45) is 5.92 Å². The summed E-state index contributed by atoms with van der Waals surface area (Å²) in [5.74, 6) is -2.91. The van der Waals surface area contributed by atoms with Crippen molar-refractivity contribution in [3.8, 4) is 0 Å². The molecule has 0 saturated heterocycles. The highest BCUT2D eigenvalue weighted by Crippen LogP contribution is 2.31. The molecule has 0 bridgehead atoms. The van der Waals surface area contributed by atoms with E-state index >= 15 is 0 Å². The molecule has 0 radical (unpaired) electrons. The zero-order valence-electron chi connectivity index (χ0n) is 8.97. The quantitative estimate of drug-likeness (QED) is 0.556. The third-order valence-electron chi connectivity index (χ3n) is 2.99. The van der Waals surface area contributed by atoms with Crippen LogP contribution in [0.4, 0.5) is 0 Å². The Kier molecular flexibility index (Phi) is 2.69. The fourth-order valence-electron chi connectivity index (χ4n) is 2.12. The molecule has 1 aromatic rings. The van der Waals surface area contributed by atoms with E-state index in [1.165, 1.54) is 0 Å². The fourth-order valence-corrected chi connectivity index (χ4v) is 2.12. The lowest BCUT2D eigenvalue weighted by Gasteiger charge is -2.06. The van der Waals surface area contributed by atoms with Crippen LogP contribution >= 0.6 is 0 Å². The zero-order valence-corrected chi connectivity index (χ0v) is 8.97. The Morgan fingerprint density at radius 2 is 1.62 bits per heavy atom. The second-order valence-corrected chi connectivity index (χ2v) is 3.94. The first-order valence-corrected chi connectivity index (χ1v) is 5.33. The Bertz CT molecular complexity index is 448. The Labute approximate surface area is 93.5 Å². The summed E-state index contributed by atoms with van der Waals surface area (Å²) in [6.45, 7) is 1.75. The van der Waals surface area contributed by atoms with E-state index in [1.807, 2.05) is 6.07 Å². The molecule has 82 valence electrons. The van der Waals surface area contributed by atoms with E-state index in [0.29, 0.717) is 12.0 Å². The molecule has 0 aliphatic heterocycles. The van der Waals surface area contributed by atoms with Crippen LogP contribution in [-0.2, 0) is 14.4 Å². The smallest absolute Gasteiger partial charge is 0.214 e. The van der Waals surface area contributed by atoms with Gasteiger partial charge in [0.25, 0.3) is 0 Å². The molecule has 0 spiro atoms. The molecule has 2 atom stereocenters. The number of benzene rings is 1. The number of ketones is 3. The first-order valence-electron chi connectivity index (χ1n) is 5.33. The zero-order chi connectivity index (χ0) is 11.7. The molecular formula is C13H12O3. The SMILES string of the molecule is CC[C@@H]1C(=O)C(=O)[C@H](c2ccccc2)C1=O. The van der Waals surface area contributed by atoms with Gasteiger partial charge in [0.2, 0.25) is 11.6 Å². The molecule has 1 aromatic carbocycles. The van der Waals surface area contributed by atoms with Crippen molar-refractivity contribution in [2.45, 2.75) is 19.3 Å². The maximum absolute atomic E-state index is 11.9. The van der Waals surface area contributed by atoms with Crippen LogP contribution in [0, 0.1) is 5.92 Å². The van der Waals surface area contributed by atoms with E-state index in [2.05, 4.69) is 0 Å². The number of Topliss-reactive ketones (excluding diaryl/α,β-unsaturated/α-hetero) is 3. The van der Waals surface area contributed by atoms with Gasteiger partial charge in [-0.25, -0.2) is 0 Å². The molecule has 0 unspecified atom stereocenters. The van der Waals surface area contributed by atoms with E-state index in [4.69, 9.17) is 0 Å². The third-order valence-corrected chi connectivity index (χ3v) is 2.99. The Hall–Kier alpha value is -1.77. The maximum atomic E-state index is 11.9. The van der Waals surface area contributed by atoms with Crippen LogP contribution in [0.3, 0.4) is 0 Å². The highest BCUT2D eigenvalue weighted by molar-refractivity contribution is 6.52.